The van der Waals surface area contributed by atoms with Crippen molar-refractivity contribution in [1.29, 1.82) is 0 Å². The van der Waals surface area contributed by atoms with Gasteiger partial charge in [0.2, 0.25) is 0 Å². The lowest BCUT2D eigenvalue weighted by Crippen LogP contribution is -2.32. The van der Waals surface area contributed by atoms with Crippen LogP contribution < -0.4 is 5.32 Å². The standard InChI is InChI=1S/C14H20BrNO3/c1-3-4-12(9-19-2)16-8-11-6-5-10(14(17)18)7-13(11)15/h5-7,12,16H,3-4,8-9H2,1-2H3,(H,17,18). The molecular formula is C14H20BrNO3. The zero-order chi connectivity index (χ0) is 14.3. The Bertz CT molecular complexity index is 417. The first-order valence-corrected chi connectivity index (χ1v) is 7.11. The number of carboxylic acids is 1. The van der Waals surface area contributed by atoms with Gasteiger partial charge in [-0.3, -0.25) is 0 Å². The van der Waals surface area contributed by atoms with E-state index in [9.17, 15) is 4.79 Å². The molecule has 0 aliphatic heterocycles. The number of rotatable bonds is 8. The fourth-order valence-corrected chi connectivity index (χ4v) is 2.39. The Morgan fingerprint density at radius 2 is 2.26 bits per heavy atom. The van der Waals surface area contributed by atoms with E-state index < -0.39 is 5.97 Å². The van der Waals surface area contributed by atoms with Crippen LogP contribution in [-0.4, -0.2) is 30.8 Å². The summed E-state index contributed by atoms with van der Waals surface area (Å²) >= 11 is 3.41. The van der Waals surface area contributed by atoms with Gasteiger partial charge in [0.25, 0.3) is 0 Å². The minimum atomic E-state index is -0.913. The van der Waals surface area contributed by atoms with Gasteiger partial charge >= 0.3 is 5.97 Å². The summed E-state index contributed by atoms with van der Waals surface area (Å²) < 4.78 is 5.99. The number of carbonyl (C=O) groups is 1. The minimum absolute atomic E-state index is 0.289. The number of nitrogens with one attached hydrogen (secondary N) is 1. The van der Waals surface area contributed by atoms with Crippen LogP contribution in [0.3, 0.4) is 0 Å². The highest BCUT2D eigenvalue weighted by molar-refractivity contribution is 9.10. The minimum Gasteiger partial charge on any atom is -0.478 e. The third kappa shape index (κ3) is 5.30. The second kappa shape index (κ2) is 8.30. The van der Waals surface area contributed by atoms with Gasteiger partial charge in [-0.15, -0.1) is 0 Å². The highest BCUT2D eigenvalue weighted by atomic mass is 79.9. The van der Waals surface area contributed by atoms with Gasteiger partial charge < -0.3 is 15.2 Å². The Balaban J connectivity index is 2.63. The van der Waals surface area contributed by atoms with E-state index >= 15 is 0 Å². The smallest absolute Gasteiger partial charge is 0.335 e. The Morgan fingerprint density at radius 3 is 2.79 bits per heavy atom. The molecule has 0 heterocycles. The Kier molecular flexibility index (Phi) is 7.05. The summed E-state index contributed by atoms with van der Waals surface area (Å²) in [7, 11) is 1.70. The topological polar surface area (TPSA) is 58.6 Å². The van der Waals surface area contributed by atoms with Crippen LogP contribution in [0.1, 0.15) is 35.7 Å². The fraction of sp³-hybridized carbons (Fsp3) is 0.500. The molecule has 1 rings (SSSR count). The molecule has 5 heteroatoms. The molecular weight excluding hydrogens is 310 g/mol. The van der Waals surface area contributed by atoms with E-state index in [1.165, 1.54) is 0 Å². The molecule has 0 spiro atoms. The lowest BCUT2D eigenvalue weighted by atomic mass is 10.1. The molecule has 1 unspecified atom stereocenters. The van der Waals surface area contributed by atoms with E-state index in [-0.39, 0.29) is 5.56 Å². The molecule has 0 saturated heterocycles. The summed E-state index contributed by atoms with van der Waals surface area (Å²) in [6.45, 7) is 3.51. The molecule has 4 nitrogen and oxygen atoms in total. The average molecular weight is 330 g/mol. The molecule has 2 N–H and O–H groups in total. The maximum atomic E-state index is 10.8. The fourth-order valence-electron chi connectivity index (χ4n) is 1.87. The lowest BCUT2D eigenvalue weighted by molar-refractivity contribution is 0.0697. The molecule has 0 bridgehead atoms. The normalized spacial score (nSPS) is 12.4. The van der Waals surface area contributed by atoms with Gasteiger partial charge in [0.05, 0.1) is 12.2 Å². The number of aromatic carboxylic acids is 1. The first-order chi connectivity index (χ1) is 9.08. The third-order valence-corrected chi connectivity index (χ3v) is 3.62. The Morgan fingerprint density at radius 1 is 1.53 bits per heavy atom. The lowest BCUT2D eigenvalue weighted by Gasteiger charge is -2.17. The van der Waals surface area contributed by atoms with Crippen molar-refractivity contribution in [2.24, 2.45) is 0 Å². The summed E-state index contributed by atoms with van der Waals surface area (Å²) in [5, 5.41) is 12.3. The molecule has 106 valence electrons. The van der Waals surface area contributed by atoms with Gasteiger partial charge in [0.15, 0.2) is 0 Å². The van der Waals surface area contributed by atoms with Crippen molar-refractivity contribution in [1.82, 2.24) is 5.32 Å². The molecule has 0 aliphatic carbocycles. The molecule has 0 aromatic heterocycles. The van der Waals surface area contributed by atoms with Crippen LogP contribution in [0.2, 0.25) is 0 Å². The highest BCUT2D eigenvalue weighted by Gasteiger charge is 2.10. The molecule has 0 amide bonds. The van der Waals surface area contributed by atoms with Crippen molar-refractivity contribution >= 4 is 21.9 Å². The van der Waals surface area contributed by atoms with Crippen LogP contribution >= 0.6 is 15.9 Å². The second-order valence-corrected chi connectivity index (χ2v) is 5.29. The van der Waals surface area contributed by atoms with Gasteiger partial charge in [-0.05, 0) is 24.1 Å². The highest BCUT2D eigenvalue weighted by Crippen LogP contribution is 2.19. The number of carboxylic acid groups (broad SMARTS) is 1. The molecule has 0 radical (unpaired) electrons. The van der Waals surface area contributed by atoms with Gasteiger partial charge in [0.1, 0.15) is 0 Å². The molecule has 1 aromatic rings. The number of ether oxygens (including phenoxy) is 1. The molecule has 19 heavy (non-hydrogen) atoms. The maximum absolute atomic E-state index is 10.8. The maximum Gasteiger partial charge on any atom is 0.335 e. The zero-order valence-electron chi connectivity index (χ0n) is 11.3. The second-order valence-electron chi connectivity index (χ2n) is 4.43. The van der Waals surface area contributed by atoms with Crippen LogP contribution in [0, 0.1) is 0 Å². The van der Waals surface area contributed by atoms with E-state index in [0.29, 0.717) is 19.2 Å². The number of hydrogen-bond donors (Lipinski definition) is 2. The largest absolute Gasteiger partial charge is 0.478 e. The molecule has 0 saturated carbocycles. The first kappa shape index (κ1) is 16.1. The molecule has 1 atom stereocenters. The Labute approximate surface area is 122 Å². The molecule has 0 fully saturated rings. The van der Waals surface area contributed by atoms with E-state index in [1.807, 2.05) is 6.07 Å². The summed E-state index contributed by atoms with van der Waals surface area (Å²) in [6.07, 6.45) is 2.15. The van der Waals surface area contributed by atoms with Crippen molar-refractivity contribution in [3.8, 4) is 0 Å². The average Bonchev–Trinajstić information content (AvgIpc) is 2.37. The number of benzene rings is 1. The number of halogens is 1. The van der Waals surface area contributed by atoms with Crippen LogP contribution in [0.5, 0.6) is 0 Å². The Hall–Kier alpha value is -0.910. The quantitative estimate of drug-likeness (QED) is 0.769. The van der Waals surface area contributed by atoms with Gasteiger partial charge in [-0.1, -0.05) is 35.3 Å². The van der Waals surface area contributed by atoms with Crippen molar-refractivity contribution < 1.29 is 14.6 Å². The predicted octanol–water partition coefficient (Wildman–Crippen LogP) is 3.05. The molecule has 0 aliphatic rings. The first-order valence-electron chi connectivity index (χ1n) is 6.32. The van der Waals surface area contributed by atoms with Crippen molar-refractivity contribution in [2.75, 3.05) is 13.7 Å². The van der Waals surface area contributed by atoms with Crippen LogP contribution in [0.25, 0.3) is 0 Å². The van der Waals surface area contributed by atoms with E-state index in [4.69, 9.17) is 9.84 Å². The van der Waals surface area contributed by atoms with Crippen LogP contribution in [0.4, 0.5) is 0 Å². The van der Waals surface area contributed by atoms with Gasteiger partial charge in [-0.2, -0.15) is 0 Å². The summed E-state index contributed by atoms with van der Waals surface area (Å²) in [5.74, 6) is -0.913. The van der Waals surface area contributed by atoms with Gasteiger partial charge in [-0.25, -0.2) is 4.79 Å². The monoisotopic (exact) mass is 329 g/mol. The number of methoxy groups -OCH3 is 1. The van der Waals surface area contributed by atoms with Crippen LogP contribution in [0.15, 0.2) is 22.7 Å². The zero-order valence-corrected chi connectivity index (χ0v) is 12.9. The number of hydrogen-bond acceptors (Lipinski definition) is 3. The van der Waals surface area contributed by atoms with E-state index in [1.54, 1.807) is 19.2 Å². The van der Waals surface area contributed by atoms with Crippen molar-refractivity contribution in [2.45, 2.75) is 32.4 Å². The molecule has 1 aromatic carbocycles. The SMILES string of the molecule is CCCC(COC)NCc1ccc(C(=O)O)cc1Br. The summed E-state index contributed by atoms with van der Waals surface area (Å²) in [6, 6.07) is 5.40. The predicted molar refractivity (Wildman–Crippen MR) is 78.5 cm³/mol. The van der Waals surface area contributed by atoms with E-state index in [0.717, 1.165) is 22.9 Å². The summed E-state index contributed by atoms with van der Waals surface area (Å²) in [5.41, 5.74) is 1.33. The van der Waals surface area contributed by atoms with Crippen molar-refractivity contribution in [3.05, 3.63) is 33.8 Å². The van der Waals surface area contributed by atoms with Crippen LogP contribution in [-0.2, 0) is 11.3 Å². The van der Waals surface area contributed by atoms with Gasteiger partial charge in [0, 0.05) is 24.2 Å². The van der Waals surface area contributed by atoms with E-state index in [2.05, 4.69) is 28.2 Å². The third-order valence-electron chi connectivity index (χ3n) is 2.89. The van der Waals surface area contributed by atoms with Crippen molar-refractivity contribution in [3.63, 3.8) is 0 Å². The summed E-state index contributed by atoms with van der Waals surface area (Å²) in [4.78, 5) is 10.8.